The average molecular weight is 247 g/mol. The molecule has 2 rings (SSSR count). The van der Waals surface area contributed by atoms with Crippen LogP contribution < -0.4 is 5.32 Å². The van der Waals surface area contributed by atoms with Crippen molar-refractivity contribution >= 4 is 11.6 Å². The molecular weight excluding hydrogens is 226 g/mol. The molecule has 2 N–H and O–H groups in total. The van der Waals surface area contributed by atoms with Crippen LogP contribution in [0.5, 0.6) is 0 Å². The third-order valence-electron chi connectivity index (χ3n) is 3.64. The van der Waals surface area contributed by atoms with Gasteiger partial charge in [-0.15, -0.1) is 0 Å². The van der Waals surface area contributed by atoms with Gasteiger partial charge < -0.3 is 10.4 Å². The minimum atomic E-state index is -1.32. The summed E-state index contributed by atoms with van der Waals surface area (Å²) >= 11 is 0. The van der Waals surface area contributed by atoms with Gasteiger partial charge in [-0.3, -0.25) is 4.79 Å². The number of amides is 1. The number of anilines is 1. The van der Waals surface area contributed by atoms with Crippen LogP contribution in [0, 0.1) is 0 Å². The van der Waals surface area contributed by atoms with Crippen molar-refractivity contribution in [2.45, 2.75) is 51.0 Å². The second-order valence-electron chi connectivity index (χ2n) is 5.02. The molecule has 98 valence electrons. The van der Waals surface area contributed by atoms with Gasteiger partial charge >= 0.3 is 0 Å². The van der Waals surface area contributed by atoms with E-state index in [9.17, 15) is 9.90 Å². The van der Waals surface area contributed by atoms with E-state index in [1.54, 1.807) is 0 Å². The molecule has 0 saturated carbocycles. The summed E-state index contributed by atoms with van der Waals surface area (Å²) in [6, 6.07) is 7.40. The van der Waals surface area contributed by atoms with Gasteiger partial charge in [0.05, 0.1) is 0 Å². The number of hydrogen-bond donors (Lipinski definition) is 2. The zero-order valence-electron chi connectivity index (χ0n) is 10.9. The third-order valence-corrected chi connectivity index (χ3v) is 3.64. The number of nitrogens with one attached hydrogen (secondary N) is 1. The summed E-state index contributed by atoms with van der Waals surface area (Å²) in [4.78, 5) is 11.9. The molecular formula is C15H21NO2. The van der Waals surface area contributed by atoms with E-state index >= 15 is 0 Å². The molecule has 1 amide bonds. The van der Waals surface area contributed by atoms with Crippen LogP contribution in [0.15, 0.2) is 24.3 Å². The van der Waals surface area contributed by atoms with Gasteiger partial charge in [0.1, 0.15) is 0 Å². The second kappa shape index (κ2) is 5.53. The van der Waals surface area contributed by atoms with Crippen LogP contribution in [0.3, 0.4) is 0 Å². The predicted octanol–water partition coefficient (Wildman–Crippen LogP) is 3.19. The summed E-state index contributed by atoms with van der Waals surface area (Å²) in [5, 5.41) is 13.3. The number of hydrogen-bond acceptors (Lipinski definition) is 2. The average Bonchev–Trinajstić information content (AvgIpc) is 2.62. The highest BCUT2D eigenvalue weighted by Gasteiger charge is 2.44. The van der Waals surface area contributed by atoms with Gasteiger partial charge in [0, 0.05) is 11.3 Å². The first-order valence-corrected chi connectivity index (χ1v) is 6.82. The molecule has 1 atom stereocenters. The van der Waals surface area contributed by atoms with Crippen LogP contribution in [-0.2, 0) is 10.4 Å². The summed E-state index contributed by atoms with van der Waals surface area (Å²) in [6.07, 6.45) is 6.08. The maximum atomic E-state index is 11.9. The summed E-state index contributed by atoms with van der Waals surface area (Å²) in [7, 11) is 0. The summed E-state index contributed by atoms with van der Waals surface area (Å²) < 4.78 is 0. The monoisotopic (exact) mass is 247 g/mol. The molecule has 0 saturated heterocycles. The number of carbonyl (C=O) groups is 1. The molecule has 0 spiro atoms. The van der Waals surface area contributed by atoms with Gasteiger partial charge in [0.15, 0.2) is 5.60 Å². The lowest BCUT2D eigenvalue weighted by Gasteiger charge is -2.20. The van der Waals surface area contributed by atoms with Gasteiger partial charge in [-0.05, 0) is 18.9 Å². The number of rotatable bonds is 6. The molecule has 0 aliphatic carbocycles. The van der Waals surface area contributed by atoms with E-state index in [0.717, 1.165) is 24.1 Å². The predicted molar refractivity (Wildman–Crippen MR) is 72.3 cm³/mol. The fourth-order valence-corrected chi connectivity index (χ4v) is 2.53. The van der Waals surface area contributed by atoms with Crippen LogP contribution in [0.2, 0.25) is 0 Å². The molecule has 1 unspecified atom stereocenters. The number of benzene rings is 1. The fourth-order valence-electron chi connectivity index (χ4n) is 2.53. The van der Waals surface area contributed by atoms with Crippen molar-refractivity contribution < 1.29 is 9.90 Å². The lowest BCUT2D eigenvalue weighted by molar-refractivity contribution is -0.134. The molecule has 3 heteroatoms. The van der Waals surface area contributed by atoms with Crippen molar-refractivity contribution in [3.05, 3.63) is 29.8 Å². The molecule has 0 radical (unpaired) electrons. The molecule has 1 heterocycles. The van der Waals surface area contributed by atoms with Crippen molar-refractivity contribution in [3.8, 4) is 0 Å². The quantitative estimate of drug-likeness (QED) is 0.758. The first-order valence-electron chi connectivity index (χ1n) is 6.82. The minimum absolute atomic E-state index is 0.279. The highest BCUT2D eigenvalue weighted by molar-refractivity contribution is 6.04. The largest absolute Gasteiger partial charge is 0.375 e. The van der Waals surface area contributed by atoms with E-state index in [4.69, 9.17) is 0 Å². The zero-order chi connectivity index (χ0) is 13.0. The molecule has 1 aliphatic heterocycles. The highest BCUT2D eigenvalue weighted by Crippen LogP contribution is 2.39. The molecule has 0 aromatic heterocycles. The van der Waals surface area contributed by atoms with Crippen molar-refractivity contribution in [1.29, 1.82) is 0 Å². The van der Waals surface area contributed by atoms with Gasteiger partial charge in [-0.2, -0.15) is 0 Å². The Hall–Kier alpha value is -1.35. The lowest BCUT2D eigenvalue weighted by Crippen LogP contribution is -2.34. The summed E-state index contributed by atoms with van der Waals surface area (Å²) in [5.74, 6) is -0.279. The Morgan fingerprint density at radius 1 is 1.17 bits per heavy atom. The zero-order valence-corrected chi connectivity index (χ0v) is 10.9. The van der Waals surface area contributed by atoms with Gasteiger partial charge in [-0.25, -0.2) is 0 Å². The number of fused-ring (bicyclic) bond motifs is 1. The molecule has 1 aromatic carbocycles. The Morgan fingerprint density at radius 3 is 2.67 bits per heavy atom. The van der Waals surface area contributed by atoms with Gasteiger partial charge in [0.25, 0.3) is 5.91 Å². The number of para-hydroxylation sites is 1. The van der Waals surface area contributed by atoms with Crippen molar-refractivity contribution in [1.82, 2.24) is 0 Å². The van der Waals surface area contributed by atoms with Crippen LogP contribution in [0.25, 0.3) is 0 Å². The first kappa shape index (κ1) is 13.1. The van der Waals surface area contributed by atoms with Gasteiger partial charge in [0.2, 0.25) is 0 Å². The number of aliphatic hydroxyl groups is 1. The number of carbonyl (C=O) groups excluding carboxylic acids is 1. The second-order valence-corrected chi connectivity index (χ2v) is 5.02. The molecule has 1 aliphatic rings. The Balaban J connectivity index is 2.00. The van der Waals surface area contributed by atoms with E-state index in [2.05, 4.69) is 12.2 Å². The Kier molecular flexibility index (Phi) is 4.02. The van der Waals surface area contributed by atoms with Crippen molar-refractivity contribution in [2.75, 3.05) is 5.32 Å². The topological polar surface area (TPSA) is 49.3 Å². The van der Waals surface area contributed by atoms with E-state index in [0.29, 0.717) is 6.42 Å². The van der Waals surface area contributed by atoms with Crippen molar-refractivity contribution in [3.63, 3.8) is 0 Å². The Morgan fingerprint density at radius 2 is 1.89 bits per heavy atom. The summed E-state index contributed by atoms with van der Waals surface area (Å²) in [5.41, 5.74) is 0.159. The normalized spacial score (nSPS) is 21.8. The molecule has 3 nitrogen and oxygen atoms in total. The standard InChI is InChI=1S/C15H21NO2/c1-2-3-4-5-8-11-15(18)12-9-6-7-10-13(12)16-14(15)17/h6-7,9-10,18H,2-5,8,11H2,1H3,(H,16,17). The number of unbranched alkanes of at least 4 members (excludes halogenated alkanes) is 4. The van der Waals surface area contributed by atoms with E-state index in [1.165, 1.54) is 19.3 Å². The maximum Gasteiger partial charge on any atom is 0.261 e. The Labute approximate surface area is 108 Å². The molecule has 0 fully saturated rings. The van der Waals surface area contributed by atoms with E-state index in [1.807, 2.05) is 24.3 Å². The lowest BCUT2D eigenvalue weighted by atomic mass is 9.89. The van der Waals surface area contributed by atoms with Crippen LogP contribution in [0.1, 0.15) is 51.0 Å². The van der Waals surface area contributed by atoms with E-state index < -0.39 is 5.60 Å². The maximum absolute atomic E-state index is 11.9. The highest BCUT2D eigenvalue weighted by atomic mass is 16.3. The molecule has 0 bridgehead atoms. The van der Waals surface area contributed by atoms with Gasteiger partial charge in [-0.1, -0.05) is 50.8 Å². The fraction of sp³-hybridized carbons (Fsp3) is 0.533. The molecule has 1 aromatic rings. The Bertz CT molecular complexity index is 430. The third kappa shape index (κ3) is 2.41. The van der Waals surface area contributed by atoms with Crippen LogP contribution in [-0.4, -0.2) is 11.0 Å². The minimum Gasteiger partial charge on any atom is -0.375 e. The summed E-state index contributed by atoms with van der Waals surface area (Å²) in [6.45, 7) is 2.17. The van der Waals surface area contributed by atoms with Crippen LogP contribution >= 0.6 is 0 Å². The molecule has 18 heavy (non-hydrogen) atoms. The first-order chi connectivity index (χ1) is 8.68. The van der Waals surface area contributed by atoms with E-state index in [-0.39, 0.29) is 5.91 Å². The smallest absolute Gasteiger partial charge is 0.261 e. The van der Waals surface area contributed by atoms with Crippen LogP contribution in [0.4, 0.5) is 5.69 Å². The van der Waals surface area contributed by atoms with Crippen molar-refractivity contribution in [2.24, 2.45) is 0 Å². The SMILES string of the molecule is CCCCCCCC1(O)C(=O)Nc2ccccc21.